The van der Waals surface area contributed by atoms with Gasteiger partial charge in [-0.3, -0.25) is 4.90 Å². The molecular weight excluding hydrogens is 214 g/mol. The molecule has 2 heterocycles. The highest BCUT2D eigenvalue weighted by atomic mass is 32.2. The van der Waals surface area contributed by atoms with Crippen molar-refractivity contribution in [3.8, 4) is 0 Å². The molecule has 0 aromatic carbocycles. The third kappa shape index (κ3) is 2.69. The fourth-order valence-corrected chi connectivity index (χ4v) is 3.32. The molecule has 0 radical (unpaired) electrons. The minimum atomic E-state index is -3.48. The molecule has 0 aromatic heterocycles. The highest BCUT2D eigenvalue weighted by Gasteiger charge is 2.30. The van der Waals surface area contributed by atoms with E-state index in [1.165, 1.54) is 17.1 Å². The molecule has 0 saturated carbocycles. The first-order valence-corrected chi connectivity index (χ1v) is 7.09. The van der Waals surface area contributed by atoms with Crippen molar-refractivity contribution in [1.82, 2.24) is 9.21 Å². The van der Waals surface area contributed by atoms with Crippen molar-refractivity contribution in [2.75, 3.05) is 26.2 Å². The number of hydrogen-bond donors (Lipinski definition) is 1. The Kier molecular flexibility index (Phi) is 3.30. The van der Waals surface area contributed by atoms with E-state index in [0.29, 0.717) is 19.1 Å². The molecule has 2 aliphatic rings. The predicted molar refractivity (Wildman–Crippen MR) is 58.5 cm³/mol. The summed E-state index contributed by atoms with van der Waals surface area (Å²) in [5.41, 5.74) is 0. The van der Waals surface area contributed by atoms with Crippen molar-refractivity contribution in [2.45, 2.75) is 31.7 Å². The molecule has 0 bridgehead atoms. The molecule has 1 atom stereocenters. The van der Waals surface area contributed by atoms with Gasteiger partial charge in [0.15, 0.2) is 0 Å². The summed E-state index contributed by atoms with van der Waals surface area (Å²) in [5.74, 6) is 0. The molecule has 0 amide bonds. The number of rotatable bonds is 2. The lowest BCUT2D eigenvalue weighted by Gasteiger charge is -2.35. The van der Waals surface area contributed by atoms with E-state index < -0.39 is 10.2 Å². The first-order chi connectivity index (χ1) is 7.07. The van der Waals surface area contributed by atoms with Crippen molar-refractivity contribution < 1.29 is 8.42 Å². The first kappa shape index (κ1) is 11.3. The summed E-state index contributed by atoms with van der Waals surface area (Å²) in [5, 5.41) is 5.15. The van der Waals surface area contributed by atoms with Crippen LogP contribution in [0.4, 0.5) is 0 Å². The average molecular weight is 233 g/mol. The Labute approximate surface area is 91.4 Å². The van der Waals surface area contributed by atoms with E-state index >= 15 is 0 Å². The molecule has 1 unspecified atom stereocenters. The number of nitrogens with zero attached hydrogens (tertiary/aromatic N) is 2. The number of hydrogen-bond acceptors (Lipinski definition) is 3. The largest absolute Gasteiger partial charge is 0.299 e. The smallest absolute Gasteiger partial charge is 0.276 e. The third-order valence-electron chi connectivity index (χ3n) is 3.38. The lowest BCUT2D eigenvalue weighted by atomic mass is 10.1. The van der Waals surface area contributed by atoms with Crippen LogP contribution in [0.2, 0.25) is 0 Å². The number of nitrogens with two attached hydrogens (primary N) is 1. The van der Waals surface area contributed by atoms with Gasteiger partial charge in [0.1, 0.15) is 0 Å². The molecule has 5 nitrogen and oxygen atoms in total. The monoisotopic (exact) mass is 233 g/mol. The quantitative estimate of drug-likeness (QED) is 0.715. The van der Waals surface area contributed by atoms with Gasteiger partial charge in [-0.2, -0.15) is 12.7 Å². The average Bonchev–Trinajstić information content (AvgIpc) is 2.69. The van der Waals surface area contributed by atoms with Crippen LogP contribution in [0.25, 0.3) is 0 Å². The van der Waals surface area contributed by atoms with E-state index in [-0.39, 0.29) is 0 Å². The SMILES string of the molecule is NS(=O)(=O)N1CCCC(N2CCCC2)C1. The Bertz CT molecular complexity index is 311. The van der Waals surface area contributed by atoms with Gasteiger partial charge in [-0.05, 0) is 38.8 Å². The molecule has 15 heavy (non-hydrogen) atoms. The topological polar surface area (TPSA) is 66.6 Å². The van der Waals surface area contributed by atoms with Gasteiger partial charge in [0.25, 0.3) is 10.2 Å². The van der Waals surface area contributed by atoms with Crippen LogP contribution in [0, 0.1) is 0 Å². The van der Waals surface area contributed by atoms with E-state index in [1.807, 2.05) is 0 Å². The normalized spacial score (nSPS) is 30.9. The van der Waals surface area contributed by atoms with E-state index in [9.17, 15) is 8.42 Å². The zero-order chi connectivity index (χ0) is 10.9. The second-order valence-electron chi connectivity index (χ2n) is 4.44. The Hall–Kier alpha value is -0.170. The van der Waals surface area contributed by atoms with Crippen LogP contribution >= 0.6 is 0 Å². The van der Waals surface area contributed by atoms with Crippen LogP contribution in [0.5, 0.6) is 0 Å². The van der Waals surface area contributed by atoms with Gasteiger partial charge in [0, 0.05) is 19.1 Å². The number of piperidine rings is 1. The van der Waals surface area contributed by atoms with Crippen LogP contribution < -0.4 is 5.14 Å². The maximum absolute atomic E-state index is 11.2. The Morgan fingerprint density at radius 2 is 1.73 bits per heavy atom. The van der Waals surface area contributed by atoms with Crippen molar-refractivity contribution >= 4 is 10.2 Å². The lowest BCUT2D eigenvalue weighted by molar-refractivity contribution is 0.162. The van der Waals surface area contributed by atoms with Crippen LogP contribution in [-0.4, -0.2) is 49.8 Å². The van der Waals surface area contributed by atoms with Gasteiger partial charge in [0.05, 0.1) is 0 Å². The second kappa shape index (κ2) is 4.37. The van der Waals surface area contributed by atoms with E-state index in [0.717, 1.165) is 25.9 Å². The van der Waals surface area contributed by atoms with Gasteiger partial charge >= 0.3 is 0 Å². The fraction of sp³-hybridized carbons (Fsp3) is 1.00. The maximum Gasteiger partial charge on any atom is 0.276 e. The Morgan fingerprint density at radius 3 is 2.33 bits per heavy atom. The molecular formula is C9H19N3O2S. The van der Waals surface area contributed by atoms with Crippen molar-refractivity contribution in [3.63, 3.8) is 0 Å². The summed E-state index contributed by atoms with van der Waals surface area (Å²) in [6.07, 6.45) is 4.52. The summed E-state index contributed by atoms with van der Waals surface area (Å²) in [4.78, 5) is 2.40. The van der Waals surface area contributed by atoms with Crippen LogP contribution in [-0.2, 0) is 10.2 Å². The van der Waals surface area contributed by atoms with Crippen molar-refractivity contribution in [3.05, 3.63) is 0 Å². The predicted octanol–water partition coefficient (Wildman–Crippen LogP) is -0.250. The van der Waals surface area contributed by atoms with E-state index in [2.05, 4.69) is 4.90 Å². The highest BCUT2D eigenvalue weighted by molar-refractivity contribution is 7.86. The van der Waals surface area contributed by atoms with Gasteiger partial charge in [0.2, 0.25) is 0 Å². The Morgan fingerprint density at radius 1 is 1.07 bits per heavy atom. The fourth-order valence-electron chi connectivity index (χ4n) is 2.56. The third-order valence-corrected chi connectivity index (χ3v) is 4.43. The summed E-state index contributed by atoms with van der Waals surface area (Å²) in [6.45, 7) is 3.40. The molecule has 2 N–H and O–H groups in total. The molecule has 2 fully saturated rings. The maximum atomic E-state index is 11.2. The van der Waals surface area contributed by atoms with Gasteiger partial charge in [-0.15, -0.1) is 0 Å². The summed E-state index contributed by atoms with van der Waals surface area (Å²) < 4.78 is 23.9. The van der Waals surface area contributed by atoms with Crippen molar-refractivity contribution in [2.24, 2.45) is 5.14 Å². The summed E-state index contributed by atoms with van der Waals surface area (Å²) in [7, 11) is -3.48. The summed E-state index contributed by atoms with van der Waals surface area (Å²) in [6, 6.07) is 0.388. The molecule has 88 valence electrons. The highest BCUT2D eigenvalue weighted by Crippen LogP contribution is 2.21. The Balaban J connectivity index is 1.97. The molecule has 2 saturated heterocycles. The standard InChI is InChI=1S/C9H19N3O2S/c10-15(13,14)12-7-3-4-9(8-12)11-5-1-2-6-11/h9H,1-8H2,(H2,10,13,14). The molecule has 0 aliphatic carbocycles. The lowest BCUT2D eigenvalue weighted by Crippen LogP contribution is -2.50. The van der Waals surface area contributed by atoms with Gasteiger partial charge < -0.3 is 0 Å². The molecule has 6 heteroatoms. The molecule has 0 spiro atoms. The van der Waals surface area contributed by atoms with Crippen LogP contribution in [0.1, 0.15) is 25.7 Å². The van der Waals surface area contributed by atoms with Crippen molar-refractivity contribution in [1.29, 1.82) is 0 Å². The minimum Gasteiger partial charge on any atom is -0.299 e. The minimum absolute atomic E-state index is 0.388. The van der Waals surface area contributed by atoms with Gasteiger partial charge in [-0.1, -0.05) is 0 Å². The van der Waals surface area contributed by atoms with E-state index in [1.54, 1.807) is 0 Å². The van der Waals surface area contributed by atoms with Gasteiger partial charge in [-0.25, -0.2) is 5.14 Å². The zero-order valence-corrected chi connectivity index (χ0v) is 9.75. The number of likely N-dealkylation sites (tertiary alicyclic amines) is 1. The van der Waals surface area contributed by atoms with Crippen LogP contribution in [0.15, 0.2) is 0 Å². The molecule has 2 rings (SSSR count). The summed E-state index contributed by atoms with van der Waals surface area (Å²) >= 11 is 0. The van der Waals surface area contributed by atoms with Crippen LogP contribution in [0.3, 0.4) is 0 Å². The van der Waals surface area contributed by atoms with E-state index in [4.69, 9.17) is 5.14 Å². The molecule has 0 aromatic rings. The first-order valence-electron chi connectivity index (χ1n) is 5.59. The zero-order valence-electron chi connectivity index (χ0n) is 8.93. The second-order valence-corrected chi connectivity index (χ2v) is 5.99. The molecule has 2 aliphatic heterocycles.